The highest BCUT2D eigenvalue weighted by atomic mass is 16.5. The van der Waals surface area contributed by atoms with Gasteiger partial charge in [0.1, 0.15) is 0 Å². The second kappa shape index (κ2) is 9.17. The highest BCUT2D eigenvalue weighted by Crippen LogP contribution is 2.38. The Balaban J connectivity index is 1.59. The quantitative estimate of drug-likeness (QED) is 0.747. The number of ether oxygens (including phenoxy) is 2. The molecule has 7 nitrogen and oxygen atoms in total. The minimum atomic E-state index is 0.0284. The van der Waals surface area contributed by atoms with E-state index in [1.54, 1.807) is 7.11 Å². The average Bonchev–Trinajstić information content (AvgIpc) is 3.25. The van der Waals surface area contributed by atoms with Crippen LogP contribution in [-0.4, -0.2) is 66.1 Å². The van der Waals surface area contributed by atoms with Crippen LogP contribution in [-0.2, 0) is 27.4 Å². The fraction of sp³-hybridized carbons (Fsp3) is 0.800. The van der Waals surface area contributed by atoms with E-state index in [1.807, 2.05) is 11.6 Å². The molecule has 3 rings (SSSR count). The number of rotatable bonds is 8. The molecule has 0 unspecified atom stereocenters. The van der Waals surface area contributed by atoms with Gasteiger partial charge in [0.25, 0.3) is 0 Å². The number of nitrogens with zero attached hydrogens (tertiary/aromatic N) is 3. The molecular weight excluding hydrogens is 344 g/mol. The van der Waals surface area contributed by atoms with E-state index in [1.165, 1.54) is 12.8 Å². The van der Waals surface area contributed by atoms with Gasteiger partial charge >= 0.3 is 0 Å². The van der Waals surface area contributed by atoms with E-state index in [-0.39, 0.29) is 11.4 Å². The van der Waals surface area contributed by atoms with E-state index in [9.17, 15) is 4.79 Å². The normalized spacial score (nSPS) is 20.1. The van der Waals surface area contributed by atoms with Crippen LogP contribution in [0.4, 0.5) is 0 Å². The van der Waals surface area contributed by atoms with Gasteiger partial charge < -0.3 is 14.8 Å². The molecule has 1 N–H and O–H groups in total. The van der Waals surface area contributed by atoms with Crippen LogP contribution < -0.4 is 5.32 Å². The molecule has 2 fully saturated rings. The van der Waals surface area contributed by atoms with E-state index in [0.717, 1.165) is 62.6 Å². The molecule has 2 aliphatic rings. The number of aryl methyl sites for hydroxylation is 1. The number of amides is 1. The molecule has 7 heteroatoms. The lowest BCUT2D eigenvalue weighted by atomic mass is 9.90. The van der Waals surface area contributed by atoms with Crippen LogP contribution in [0.5, 0.6) is 0 Å². The van der Waals surface area contributed by atoms with Crippen molar-refractivity contribution in [2.75, 3.05) is 40.0 Å². The molecule has 1 aliphatic carbocycles. The first-order valence-corrected chi connectivity index (χ1v) is 10.2. The molecular formula is C20H34N4O3. The van der Waals surface area contributed by atoms with Crippen LogP contribution in [0.2, 0.25) is 0 Å². The van der Waals surface area contributed by atoms with Crippen molar-refractivity contribution >= 4 is 5.91 Å². The van der Waals surface area contributed by atoms with Gasteiger partial charge in [-0.1, -0.05) is 12.8 Å². The molecule has 0 radical (unpaired) electrons. The minimum absolute atomic E-state index is 0.0284. The molecule has 1 aromatic rings. The summed E-state index contributed by atoms with van der Waals surface area (Å²) in [4.78, 5) is 15.3. The molecule has 1 saturated heterocycles. The summed E-state index contributed by atoms with van der Waals surface area (Å²) in [6.07, 6.45) is 5.26. The molecule has 0 bridgehead atoms. The van der Waals surface area contributed by atoms with Gasteiger partial charge in [-0.05, 0) is 26.7 Å². The van der Waals surface area contributed by atoms with Crippen molar-refractivity contribution in [3.05, 3.63) is 17.0 Å². The highest BCUT2D eigenvalue weighted by Gasteiger charge is 2.41. The zero-order chi connectivity index (χ0) is 19.3. The number of carbonyl (C=O) groups excluding carboxylic acids is 1. The molecule has 0 atom stereocenters. The molecule has 152 valence electrons. The molecule has 0 spiro atoms. The van der Waals surface area contributed by atoms with Gasteiger partial charge in [0.05, 0.1) is 32.1 Å². The first kappa shape index (κ1) is 20.3. The number of methoxy groups -OCH3 is 1. The predicted molar refractivity (Wildman–Crippen MR) is 104 cm³/mol. The minimum Gasteiger partial charge on any atom is -0.383 e. The lowest BCUT2D eigenvalue weighted by Crippen LogP contribution is -2.53. The van der Waals surface area contributed by atoms with Crippen molar-refractivity contribution in [1.82, 2.24) is 20.0 Å². The SMILES string of the molecule is COCCn1nc(C)c(CNC(=O)CC2(N3CCOCC3)CCCC2)c1C. The van der Waals surface area contributed by atoms with Gasteiger partial charge in [-0.25, -0.2) is 0 Å². The summed E-state index contributed by atoms with van der Waals surface area (Å²) in [7, 11) is 1.69. The van der Waals surface area contributed by atoms with E-state index in [4.69, 9.17) is 9.47 Å². The van der Waals surface area contributed by atoms with Crippen LogP contribution in [0.3, 0.4) is 0 Å². The number of hydrogen-bond donors (Lipinski definition) is 1. The maximum atomic E-state index is 12.8. The smallest absolute Gasteiger partial charge is 0.222 e. The standard InChI is InChI=1S/C20H34N4O3/c1-16-18(17(2)24(22-16)10-11-26-3)15-21-19(25)14-20(6-4-5-7-20)23-8-12-27-13-9-23/h4-15H2,1-3H3,(H,21,25). The number of morpholine rings is 1. The van der Waals surface area contributed by atoms with Crippen LogP contribution in [0.25, 0.3) is 0 Å². The second-order valence-corrected chi connectivity index (χ2v) is 7.85. The van der Waals surface area contributed by atoms with E-state index in [2.05, 4.69) is 22.2 Å². The summed E-state index contributed by atoms with van der Waals surface area (Å²) in [6, 6.07) is 0. The Kier molecular flexibility index (Phi) is 6.89. The van der Waals surface area contributed by atoms with Gasteiger partial charge in [-0.2, -0.15) is 5.10 Å². The summed E-state index contributed by atoms with van der Waals surface area (Å²) in [5.41, 5.74) is 3.23. The average molecular weight is 379 g/mol. The number of carbonyl (C=O) groups is 1. The monoisotopic (exact) mass is 378 g/mol. The van der Waals surface area contributed by atoms with Crippen molar-refractivity contribution in [2.24, 2.45) is 0 Å². The summed E-state index contributed by atoms with van der Waals surface area (Å²) in [6.45, 7) is 9.42. The van der Waals surface area contributed by atoms with Crippen LogP contribution in [0.15, 0.2) is 0 Å². The van der Waals surface area contributed by atoms with Gasteiger partial charge in [-0.3, -0.25) is 14.4 Å². The van der Waals surface area contributed by atoms with Crippen molar-refractivity contribution in [3.8, 4) is 0 Å². The third-order valence-electron chi connectivity index (χ3n) is 6.21. The molecule has 1 amide bonds. The van der Waals surface area contributed by atoms with E-state index in [0.29, 0.717) is 19.6 Å². The zero-order valence-electron chi connectivity index (χ0n) is 17.1. The summed E-state index contributed by atoms with van der Waals surface area (Å²) in [5, 5.41) is 7.74. The summed E-state index contributed by atoms with van der Waals surface area (Å²) < 4.78 is 12.6. The number of hydrogen-bond acceptors (Lipinski definition) is 5. The number of aromatic nitrogens is 2. The first-order valence-electron chi connectivity index (χ1n) is 10.2. The fourth-order valence-electron chi connectivity index (χ4n) is 4.61. The van der Waals surface area contributed by atoms with Gasteiger partial charge in [0.2, 0.25) is 5.91 Å². The van der Waals surface area contributed by atoms with E-state index < -0.39 is 0 Å². The third kappa shape index (κ3) is 4.70. The first-order chi connectivity index (χ1) is 13.1. The Morgan fingerprint density at radius 1 is 1.26 bits per heavy atom. The van der Waals surface area contributed by atoms with Crippen LogP contribution >= 0.6 is 0 Å². The maximum Gasteiger partial charge on any atom is 0.222 e. The fourth-order valence-corrected chi connectivity index (χ4v) is 4.61. The molecule has 2 heterocycles. The highest BCUT2D eigenvalue weighted by molar-refractivity contribution is 5.77. The van der Waals surface area contributed by atoms with Crippen LogP contribution in [0, 0.1) is 13.8 Å². The van der Waals surface area contributed by atoms with Crippen molar-refractivity contribution in [1.29, 1.82) is 0 Å². The summed E-state index contributed by atoms with van der Waals surface area (Å²) >= 11 is 0. The van der Waals surface area contributed by atoms with E-state index >= 15 is 0 Å². The second-order valence-electron chi connectivity index (χ2n) is 7.85. The Morgan fingerprint density at radius 3 is 2.63 bits per heavy atom. The number of nitrogens with one attached hydrogen (secondary N) is 1. The molecule has 1 aromatic heterocycles. The topological polar surface area (TPSA) is 68.6 Å². The van der Waals surface area contributed by atoms with Crippen LogP contribution in [0.1, 0.15) is 49.1 Å². The molecule has 27 heavy (non-hydrogen) atoms. The largest absolute Gasteiger partial charge is 0.383 e. The van der Waals surface area contributed by atoms with Crippen molar-refractivity contribution < 1.29 is 14.3 Å². The lowest BCUT2D eigenvalue weighted by Gasteiger charge is -2.43. The van der Waals surface area contributed by atoms with Gasteiger partial charge in [0, 0.05) is 50.0 Å². The Morgan fingerprint density at radius 2 is 1.96 bits per heavy atom. The maximum absolute atomic E-state index is 12.8. The Labute approximate surface area is 162 Å². The predicted octanol–water partition coefficient (Wildman–Crippen LogP) is 1.80. The third-order valence-corrected chi connectivity index (χ3v) is 6.21. The molecule has 1 aliphatic heterocycles. The van der Waals surface area contributed by atoms with Gasteiger partial charge in [0.15, 0.2) is 0 Å². The Hall–Kier alpha value is -1.44. The van der Waals surface area contributed by atoms with Crippen molar-refractivity contribution in [2.45, 2.75) is 64.6 Å². The molecule has 0 aromatic carbocycles. The van der Waals surface area contributed by atoms with Gasteiger partial charge in [-0.15, -0.1) is 0 Å². The zero-order valence-corrected chi connectivity index (χ0v) is 17.1. The van der Waals surface area contributed by atoms with Crippen molar-refractivity contribution in [3.63, 3.8) is 0 Å². The molecule has 1 saturated carbocycles. The Bertz CT molecular complexity index is 631. The lowest BCUT2D eigenvalue weighted by molar-refractivity contribution is -0.125. The summed E-state index contributed by atoms with van der Waals surface area (Å²) in [5.74, 6) is 0.145.